The quantitative estimate of drug-likeness (QED) is 0.851. The van der Waals surface area contributed by atoms with E-state index in [-0.39, 0.29) is 24.4 Å². The number of halogens is 1. The smallest absolute Gasteiger partial charge is 0.257 e. The van der Waals surface area contributed by atoms with E-state index in [4.69, 9.17) is 5.73 Å². The number of nitrogens with zero attached hydrogens (tertiary/aromatic N) is 3. The van der Waals surface area contributed by atoms with Gasteiger partial charge in [0.1, 0.15) is 5.56 Å². The molecule has 3 N–H and O–H groups in total. The molecule has 1 atom stereocenters. The van der Waals surface area contributed by atoms with Crippen molar-refractivity contribution in [2.75, 3.05) is 6.54 Å². The number of nitrogens with two attached hydrogens (primary N) is 1. The molecule has 0 aliphatic heterocycles. The summed E-state index contributed by atoms with van der Waals surface area (Å²) in [6.07, 6.45) is 3.29. The van der Waals surface area contributed by atoms with Crippen molar-refractivity contribution in [3.05, 3.63) is 29.7 Å². The summed E-state index contributed by atoms with van der Waals surface area (Å²) in [5.41, 5.74) is 7.33. The second-order valence-corrected chi connectivity index (χ2v) is 4.01. The molecule has 2 aromatic rings. The Morgan fingerprint density at radius 2 is 2.33 bits per heavy atom. The Hall–Kier alpha value is -1.66. The molecule has 2 rings (SSSR count). The summed E-state index contributed by atoms with van der Waals surface area (Å²) in [5, 5.41) is 6.86. The van der Waals surface area contributed by atoms with Crippen molar-refractivity contribution in [1.82, 2.24) is 19.9 Å². The highest BCUT2D eigenvalue weighted by atomic mass is 35.5. The molecule has 0 radical (unpaired) electrons. The molecular formula is C11H16ClN5O. The lowest BCUT2D eigenvalue weighted by Gasteiger charge is -2.09. The molecule has 6 nitrogen and oxygen atoms in total. The van der Waals surface area contributed by atoms with Gasteiger partial charge in [-0.05, 0) is 19.9 Å². The van der Waals surface area contributed by atoms with Gasteiger partial charge in [0.2, 0.25) is 0 Å². The van der Waals surface area contributed by atoms with E-state index in [1.54, 1.807) is 10.7 Å². The molecule has 0 aliphatic carbocycles. The number of nitrogens with one attached hydrogen (secondary N) is 1. The number of fused-ring (bicyclic) bond motifs is 1. The van der Waals surface area contributed by atoms with Crippen molar-refractivity contribution < 1.29 is 4.79 Å². The fourth-order valence-corrected chi connectivity index (χ4v) is 1.48. The van der Waals surface area contributed by atoms with E-state index in [0.29, 0.717) is 17.8 Å². The van der Waals surface area contributed by atoms with Gasteiger partial charge in [0.05, 0.1) is 6.20 Å². The van der Waals surface area contributed by atoms with E-state index in [1.807, 2.05) is 19.9 Å². The van der Waals surface area contributed by atoms with E-state index >= 15 is 0 Å². The van der Waals surface area contributed by atoms with Gasteiger partial charge >= 0.3 is 0 Å². The summed E-state index contributed by atoms with van der Waals surface area (Å²) in [6, 6.07) is 1.77. The minimum Gasteiger partial charge on any atom is -0.348 e. The average molecular weight is 270 g/mol. The summed E-state index contributed by atoms with van der Waals surface area (Å²) in [5.74, 6) is -0.198. The maximum atomic E-state index is 11.9. The Bertz CT molecular complexity index is 553. The van der Waals surface area contributed by atoms with E-state index < -0.39 is 0 Å². The fraction of sp³-hybridized carbons (Fsp3) is 0.364. The normalized spacial score (nSPS) is 11.9. The van der Waals surface area contributed by atoms with Crippen LogP contribution in [0.5, 0.6) is 0 Å². The van der Waals surface area contributed by atoms with Crippen LogP contribution in [0, 0.1) is 6.92 Å². The van der Waals surface area contributed by atoms with Crippen LogP contribution in [0.4, 0.5) is 0 Å². The molecule has 0 aliphatic rings. The van der Waals surface area contributed by atoms with Crippen LogP contribution < -0.4 is 11.1 Å². The number of aryl methyl sites for hydroxylation is 1. The van der Waals surface area contributed by atoms with Crippen LogP contribution >= 0.6 is 12.4 Å². The van der Waals surface area contributed by atoms with Crippen LogP contribution in [0.1, 0.15) is 23.0 Å². The lowest BCUT2D eigenvalue weighted by molar-refractivity contribution is 0.0942. The molecule has 2 heterocycles. The van der Waals surface area contributed by atoms with Gasteiger partial charge in [-0.25, -0.2) is 9.50 Å². The molecule has 0 bridgehead atoms. The summed E-state index contributed by atoms with van der Waals surface area (Å²) < 4.78 is 1.58. The number of amides is 1. The lowest BCUT2D eigenvalue weighted by Crippen LogP contribution is -2.37. The number of carbonyl (C=O) groups is 1. The zero-order valence-electron chi connectivity index (χ0n) is 10.3. The molecule has 2 aromatic heterocycles. The molecule has 18 heavy (non-hydrogen) atoms. The maximum Gasteiger partial charge on any atom is 0.257 e. The first-order valence-electron chi connectivity index (χ1n) is 5.43. The predicted molar refractivity (Wildman–Crippen MR) is 71.0 cm³/mol. The molecule has 0 fully saturated rings. The standard InChI is InChI=1S/C11H15N5O.ClH/c1-7-3-4-16-10(14-7)9(6-13-16)11(17)15-8(2)5-12;/h3-4,6,8H,5,12H2,1-2H3,(H,15,17);1H/t8-;/m0./s1. The SMILES string of the molecule is Cc1ccn2ncc(C(=O)N[C@@H](C)CN)c2n1.Cl. The van der Waals surface area contributed by atoms with Crippen molar-refractivity contribution in [3.63, 3.8) is 0 Å². The number of carbonyl (C=O) groups excluding carboxylic acids is 1. The van der Waals surface area contributed by atoms with Crippen LogP contribution in [-0.2, 0) is 0 Å². The van der Waals surface area contributed by atoms with Gasteiger partial charge in [-0.3, -0.25) is 4.79 Å². The Morgan fingerprint density at radius 1 is 1.61 bits per heavy atom. The number of aromatic nitrogens is 3. The van der Waals surface area contributed by atoms with Gasteiger partial charge in [-0.2, -0.15) is 5.10 Å². The molecule has 7 heteroatoms. The Morgan fingerprint density at radius 3 is 3.00 bits per heavy atom. The van der Waals surface area contributed by atoms with Gasteiger partial charge in [0.25, 0.3) is 5.91 Å². The molecule has 0 saturated carbocycles. The number of hydrogen-bond acceptors (Lipinski definition) is 4. The van der Waals surface area contributed by atoms with Gasteiger partial charge < -0.3 is 11.1 Å². The maximum absolute atomic E-state index is 11.9. The van der Waals surface area contributed by atoms with Crippen molar-refractivity contribution in [2.24, 2.45) is 5.73 Å². The Labute approximate surface area is 111 Å². The molecular weight excluding hydrogens is 254 g/mol. The third-order valence-electron chi connectivity index (χ3n) is 2.48. The van der Waals surface area contributed by atoms with Crippen LogP contribution in [0.25, 0.3) is 5.65 Å². The van der Waals surface area contributed by atoms with Gasteiger partial charge in [-0.15, -0.1) is 12.4 Å². The van der Waals surface area contributed by atoms with E-state index in [1.165, 1.54) is 6.20 Å². The van der Waals surface area contributed by atoms with Gasteiger partial charge in [-0.1, -0.05) is 0 Å². The minimum atomic E-state index is -0.198. The van der Waals surface area contributed by atoms with Gasteiger partial charge in [0, 0.05) is 24.5 Å². The van der Waals surface area contributed by atoms with Crippen LogP contribution in [0.15, 0.2) is 18.5 Å². The molecule has 0 saturated heterocycles. The van der Waals surface area contributed by atoms with Crippen LogP contribution in [0.2, 0.25) is 0 Å². The predicted octanol–water partition coefficient (Wildman–Crippen LogP) is 0.537. The zero-order valence-corrected chi connectivity index (χ0v) is 11.1. The van der Waals surface area contributed by atoms with Crippen LogP contribution in [-0.4, -0.2) is 33.1 Å². The van der Waals surface area contributed by atoms with Crippen LogP contribution in [0.3, 0.4) is 0 Å². The molecule has 0 aromatic carbocycles. The summed E-state index contributed by atoms with van der Waals surface area (Å²) in [7, 11) is 0. The van der Waals surface area contributed by atoms with Crippen molar-refractivity contribution in [2.45, 2.75) is 19.9 Å². The fourth-order valence-electron chi connectivity index (χ4n) is 1.48. The zero-order chi connectivity index (χ0) is 12.4. The van der Waals surface area contributed by atoms with Crippen molar-refractivity contribution in [1.29, 1.82) is 0 Å². The Kier molecular flexibility index (Phi) is 4.63. The highest BCUT2D eigenvalue weighted by Crippen LogP contribution is 2.08. The topological polar surface area (TPSA) is 85.3 Å². The first-order chi connectivity index (χ1) is 8.11. The average Bonchev–Trinajstić information content (AvgIpc) is 2.71. The van der Waals surface area contributed by atoms with E-state index in [2.05, 4.69) is 15.4 Å². The Balaban J connectivity index is 0.00000162. The lowest BCUT2D eigenvalue weighted by atomic mass is 10.2. The van der Waals surface area contributed by atoms with Crippen molar-refractivity contribution >= 4 is 24.0 Å². The third-order valence-corrected chi connectivity index (χ3v) is 2.48. The summed E-state index contributed by atoms with van der Waals surface area (Å²) >= 11 is 0. The summed E-state index contributed by atoms with van der Waals surface area (Å²) in [4.78, 5) is 16.2. The number of hydrogen-bond donors (Lipinski definition) is 2. The molecule has 0 spiro atoms. The number of rotatable bonds is 3. The first-order valence-corrected chi connectivity index (χ1v) is 5.43. The second kappa shape index (κ2) is 5.79. The highest BCUT2D eigenvalue weighted by molar-refractivity contribution is 5.99. The van der Waals surface area contributed by atoms with Gasteiger partial charge in [0.15, 0.2) is 5.65 Å². The minimum absolute atomic E-state index is 0. The highest BCUT2D eigenvalue weighted by Gasteiger charge is 2.15. The first kappa shape index (κ1) is 14.4. The van der Waals surface area contributed by atoms with Crippen molar-refractivity contribution in [3.8, 4) is 0 Å². The molecule has 98 valence electrons. The monoisotopic (exact) mass is 269 g/mol. The van der Waals surface area contributed by atoms with E-state index in [9.17, 15) is 4.79 Å². The third kappa shape index (κ3) is 2.77. The molecule has 0 unspecified atom stereocenters. The molecule has 1 amide bonds. The largest absolute Gasteiger partial charge is 0.348 e. The summed E-state index contributed by atoms with van der Waals surface area (Å²) in [6.45, 7) is 4.12. The van der Waals surface area contributed by atoms with E-state index in [0.717, 1.165) is 5.69 Å². The second-order valence-electron chi connectivity index (χ2n) is 4.01.